The lowest BCUT2D eigenvalue weighted by Gasteiger charge is -2.45. The highest BCUT2D eigenvalue weighted by molar-refractivity contribution is 5.83. The van der Waals surface area contributed by atoms with Gasteiger partial charge in [0.25, 0.3) is 0 Å². The molecule has 0 radical (unpaired) electrons. The van der Waals surface area contributed by atoms with Crippen LogP contribution in [-0.4, -0.2) is 23.1 Å². The summed E-state index contributed by atoms with van der Waals surface area (Å²) in [6.45, 7) is 6.95. The van der Waals surface area contributed by atoms with Crippen molar-refractivity contribution >= 4 is 11.9 Å². The van der Waals surface area contributed by atoms with Crippen LogP contribution in [0.3, 0.4) is 0 Å². The van der Waals surface area contributed by atoms with Gasteiger partial charge in [0, 0.05) is 18.1 Å². The van der Waals surface area contributed by atoms with Gasteiger partial charge in [0.1, 0.15) is 0 Å². The van der Waals surface area contributed by atoms with Crippen molar-refractivity contribution in [1.29, 1.82) is 0 Å². The van der Waals surface area contributed by atoms with Gasteiger partial charge >= 0.3 is 11.9 Å². The van der Waals surface area contributed by atoms with Crippen LogP contribution in [0.1, 0.15) is 38.5 Å². The summed E-state index contributed by atoms with van der Waals surface area (Å²) in [4.78, 5) is 23.5. The van der Waals surface area contributed by atoms with Gasteiger partial charge in [-0.2, -0.15) is 0 Å². The Bertz CT molecular complexity index is 483. The third-order valence-corrected chi connectivity index (χ3v) is 5.43. The van der Waals surface area contributed by atoms with E-state index in [4.69, 9.17) is 9.47 Å². The molecule has 0 saturated heterocycles. The van der Waals surface area contributed by atoms with E-state index in [9.17, 15) is 9.59 Å². The molecule has 0 amide bonds. The van der Waals surface area contributed by atoms with Crippen molar-refractivity contribution in [2.24, 2.45) is 11.8 Å². The molecule has 4 heteroatoms. The number of rotatable bonds is 4. The molecule has 0 heterocycles. The van der Waals surface area contributed by atoms with E-state index in [1.165, 1.54) is 12.2 Å². The topological polar surface area (TPSA) is 52.6 Å². The lowest BCUT2D eigenvalue weighted by Crippen LogP contribution is -2.57. The molecule has 4 atom stereocenters. The minimum absolute atomic E-state index is 0.317. The summed E-state index contributed by atoms with van der Waals surface area (Å²) in [5, 5.41) is 0. The fourth-order valence-corrected chi connectivity index (χ4v) is 4.81. The summed E-state index contributed by atoms with van der Waals surface area (Å²) in [5.41, 5.74) is -1.29. The Kier molecular flexibility index (Phi) is 3.00. The first-order valence-electron chi connectivity index (χ1n) is 7.28. The third kappa shape index (κ3) is 1.60. The molecule has 0 aliphatic heterocycles. The molecular weight excluding hydrogens is 256 g/mol. The Hall–Kier alpha value is -1.58. The Morgan fingerprint density at radius 3 is 2.45 bits per heavy atom. The fourth-order valence-electron chi connectivity index (χ4n) is 4.81. The summed E-state index contributed by atoms with van der Waals surface area (Å²) < 4.78 is 11.5. The monoisotopic (exact) mass is 276 g/mol. The van der Waals surface area contributed by atoms with E-state index in [0.717, 1.165) is 38.5 Å². The van der Waals surface area contributed by atoms with E-state index in [1.807, 2.05) is 0 Å². The van der Waals surface area contributed by atoms with Gasteiger partial charge in [-0.25, -0.2) is 9.59 Å². The van der Waals surface area contributed by atoms with Crippen molar-refractivity contribution in [3.05, 3.63) is 25.3 Å². The van der Waals surface area contributed by atoms with Crippen LogP contribution in [0.15, 0.2) is 25.3 Å². The van der Waals surface area contributed by atoms with E-state index in [-0.39, 0.29) is 0 Å². The fraction of sp³-hybridized carbons (Fsp3) is 0.625. The number of esters is 2. The first kappa shape index (κ1) is 13.4. The maximum absolute atomic E-state index is 11.8. The Morgan fingerprint density at radius 2 is 1.75 bits per heavy atom. The van der Waals surface area contributed by atoms with Crippen molar-refractivity contribution in [3.8, 4) is 0 Å². The van der Waals surface area contributed by atoms with Crippen molar-refractivity contribution in [3.63, 3.8) is 0 Å². The molecule has 0 spiro atoms. The molecule has 0 aromatic heterocycles. The van der Waals surface area contributed by atoms with Crippen molar-refractivity contribution < 1.29 is 19.1 Å². The standard InChI is InChI=1S/C16H20O4/c1-3-13(17)19-15-9-7-11(10-15)12-6-5-8-16(12,15)20-14(18)4-2/h3-4,11-12H,1-2,5-10H2. The van der Waals surface area contributed by atoms with Crippen LogP contribution in [0.4, 0.5) is 0 Å². The molecule has 3 rings (SSSR count). The lowest BCUT2D eigenvalue weighted by atomic mass is 9.74. The predicted octanol–water partition coefficient (Wildman–Crippen LogP) is 2.54. The molecule has 2 bridgehead atoms. The summed E-state index contributed by atoms with van der Waals surface area (Å²) in [5.74, 6) is -0.0313. The SMILES string of the molecule is C=CC(=O)OC12CCC(C1)C1CCCC12OC(=O)C=C. The average Bonchev–Trinajstić information content (AvgIpc) is 3.08. The van der Waals surface area contributed by atoms with Gasteiger partial charge in [-0.3, -0.25) is 0 Å². The van der Waals surface area contributed by atoms with E-state index >= 15 is 0 Å². The summed E-state index contributed by atoms with van der Waals surface area (Å²) >= 11 is 0. The molecule has 3 fully saturated rings. The van der Waals surface area contributed by atoms with Crippen LogP contribution >= 0.6 is 0 Å². The molecule has 0 aromatic rings. The Labute approximate surface area is 118 Å². The minimum Gasteiger partial charge on any atom is -0.452 e. The predicted molar refractivity (Wildman–Crippen MR) is 72.7 cm³/mol. The van der Waals surface area contributed by atoms with Gasteiger partial charge in [0.15, 0.2) is 11.2 Å². The van der Waals surface area contributed by atoms with Gasteiger partial charge in [0.2, 0.25) is 0 Å². The second-order valence-corrected chi connectivity index (χ2v) is 6.14. The molecule has 108 valence electrons. The van der Waals surface area contributed by atoms with Crippen LogP contribution in [0.5, 0.6) is 0 Å². The van der Waals surface area contributed by atoms with Gasteiger partial charge in [-0.15, -0.1) is 0 Å². The Balaban J connectivity index is 1.97. The number of ether oxygens (including phenoxy) is 2. The van der Waals surface area contributed by atoms with Crippen molar-refractivity contribution in [2.75, 3.05) is 0 Å². The largest absolute Gasteiger partial charge is 0.452 e. The second kappa shape index (κ2) is 4.47. The molecule has 20 heavy (non-hydrogen) atoms. The van der Waals surface area contributed by atoms with Crippen LogP contribution in [-0.2, 0) is 19.1 Å². The van der Waals surface area contributed by atoms with E-state index in [1.54, 1.807) is 0 Å². The zero-order valence-electron chi connectivity index (χ0n) is 11.6. The van der Waals surface area contributed by atoms with Gasteiger partial charge < -0.3 is 9.47 Å². The van der Waals surface area contributed by atoms with E-state index in [2.05, 4.69) is 13.2 Å². The maximum Gasteiger partial charge on any atom is 0.330 e. The highest BCUT2D eigenvalue weighted by Crippen LogP contribution is 2.66. The first-order valence-corrected chi connectivity index (χ1v) is 7.28. The molecule has 4 nitrogen and oxygen atoms in total. The molecule has 3 aliphatic rings. The molecular formula is C16H20O4. The Morgan fingerprint density at radius 1 is 1.05 bits per heavy atom. The van der Waals surface area contributed by atoms with Crippen molar-refractivity contribution in [1.82, 2.24) is 0 Å². The highest BCUT2D eigenvalue weighted by Gasteiger charge is 2.73. The van der Waals surface area contributed by atoms with Gasteiger partial charge in [-0.05, 0) is 44.4 Å². The first-order chi connectivity index (χ1) is 9.57. The molecule has 4 unspecified atom stereocenters. The van der Waals surface area contributed by atoms with Crippen LogP contribution < -0.4 is 0 Å². The number of carbonyl (C=O) groups is 2. The van der Waals surface area contributed by atoms with Gasteiger partial charge in [-0.1, -0.05) is 13.2 Å². The molecule has 0 aromatic carbocycles. The van der Waals surface area contributed by atoms with E-state index in [0.29, 0.717) is 11.8 Å². The summed E-state index contributed by atoms with van der Waals surface area (Å²) in [7, 11) is 0. The lowest BCUT2D eigenvalue weighted by molar-refractivity contribution is -0.209. The quantitative estimate of drug-likeness (QED) is 0.585. The van der Waals surface area contributed by atoms with Crippen LogP contribution in [0.2, 0.25) is 0 Å². The van der Waals surface area contributed by atoms with E-state index < -0.39 is 23.1 Å². The zero-order chi connectivity index (χ0) is 14.4. The third-order valence-electron chi connectivity index (χ3n) is 5.43. The molecule has 3 saturated carbocycles. The maximum atomic E-state index is 11.8. The number of carbonyl (C=O) groups excluding carboxylic acids is 2. The van der Waals surface area contributed by atoms with Crippen LogP contribution in [0, 0.1) is 11.8 Å². The van der Waals surface area contributed by atoms with Crippen molar-refractivity contribution in [2.45, 2.75) is 49.7 Å². The number of hydrogen-bond donors (Lipinski definition) is 0. The molecule has 3 aliphatic carbocycles. The zero-order valence-corrected chi connectivity index (χ0v) is 11.6. The normalized spacial score (nSPS) is 41.0. The molecule has 0 N–H and O–H groups in total. The number of hydrogen-bond acceptors (Lipinski definition) is 4. The highest BCUT2D eigenvalue weighted by atomic mass is 16.6. The van der Waals surface area contributed by atoms with Gasteiger partial charge in [0.05, 0.1) is 0 Å². The second-order valence-electron chi connectivity index (χ2n) is 6.14. The van der Waals surface area contributed by atoms with Crippen LogP contribution in [0.25, 0.3) is 0 Å². The number of fused-ring (bicyclic) bond motifs is 5. The average molecular weight is 276 g/mol. The minimum atomic E-state index is -0.650. The summed E-state index contributed by atoms with van der Waals surface area (Å²) in [6, 6.07) is 0. The smallest absolute Gasteiger partial charge is 0.330 e. The summed E-state index contributed by atoms with van der Waals surface area (Å²) in [6.07, 6.45) is 7.84.